The van der Waals surface area contributed by atoms with Crippen LogP contribution in [0.15, 0.2) is 0 Å². The van der Waals surface area contributed by atoms with Crippen molar-refractivity contribution >= 4 is 5.91 Å². The molecule has 3 N–H and O–H groups in total. The largest absolute Gasteiger partial charge is 0.388 e. The van der Waals surface area contributed by atoms with Crippen molar-refractivity contribution in [3.63, 3.8) is 0 Å². The van der Waals surface area contributed by atoms with Gasteiger partial charge in [0, 0.05) is 12.6 Å². The van der Waals surface area contributed by atoms with Crippen LogP contribution in [0.1, 0.15) is 52.4 Å². The zero-order valence-electron chi connectivity index (χ0n) is 11.5. The Hall–Kier alpha value is -0.610. The number of hydrogen-bond donors (Lipinski definition) is 3. The maximum Gasteiger partial charge on any atom is 0.237 e. The average Bonchev–Trinajstić information content (AvgIpc) is 2.80. The standard InChI is InChI=1S/C14H26N2O2/c1-3-14(2,18)9-15-13(17)12-8-10-6-4-5-7-11(10)16-12/h10-12,16,18H,3-9H2,1-2H3,(H,15,17). The number of carbonyl (C=O) groups excluding carboxylic acids is 1. The van der Waals surface area contributed by atoms with E-state index in [-0.39, 0.29) is 11.9 Å². The fourth-order valence-corrected chi connectivity index (χ4v) is 3.05. The highest BCUT2D eigenvalue weighted by Gasteiger charge is 2.38. The van der Waals surface area contributed by atoms with Crippen molar-refractivity contribution in [3.8, 4) is 0 Å². The van der Waals surface area contributed by atoms with Gasteiger partial charge in [-0.05, 0) is 38.5 Å². The van der Waals surface area contributed by atoms with Crippen LogP contribution >= 0.6 is 0 Å². The summed E-state index contributed by atoms with van der Waals surface area (Å²) in [7, 11) is 0. The molecule has 4 nitrogen and oxygen atoms in total. The average molecular weight is 254 g/mol. The summed E-state index contributed by atoms with van der Waals surface area (Å²) in [5.41, 5.74) is -0.791. The summed E-state index contributed by atoms with van der Waals surface area (Å²) in [6.07, 6.45) is 6.67. The van der Waals surface area contributed by atoms with Gasteiger partial charge in [-0.2, -0.15) is 0 Å². The molecule has 0 radical (unpaired) electrons. The summed E-state index contributed by atoms with van der Waals surface area (Å²) in [5.74, 6) is 0.735. The van der Waals surface area contributed by atoms with Gasteiger partial charge in [0.25, 0.3) is 0 Å². The second kappa shape index (κ2) is 5.57. The number of rotatable bonds is 4. The Bertz CT molecular complexity index is 290. The van der Waals surface area contributed by atoms with E-state index in [1.54, 1.807) is 6.92 Å². The molecule has 1 amide bonds. The van der Waals surface area contributed by atoms with Crippen LogP contribution < -0.4 is 10.6 Å². The Labute approximate surface area is 110 Å². The van der Waals surface area contributed by atoms with Crippen molar-refractivity contribution in [2.24, 2.45) is 5.92 Å². The van der Waals surface area contributed by atoms with E-state index >= 15 is 0 Å². The third kappa shape index (κ3) is 3.23. The van der Waals surface area contributed by atoms with Crippen LogP contribution in [0.4, 0.5) is 0 Å². The molecule has 1 heterocycles. The summed E-state index contributed by atoms with van der Waals surface area (Å²) in [4.78, 5) is 12.1. The Balaban J connectivity index is 1.80. The van der Waals surface area contributed by atoms with Crippen molar-refractivity contribution in [2.45, 2.75) is 70.1 Å². The lowest BCUT2D eigenvalue weighted by molar-refractivity contribution is -0.124. The molecule has 18 heavy (non-hydrogen) atoms. The zero-order chi connectivity index (χ0) is 13.2. The Morgan fingerprint density at radius 1 is 1.44 bits per heavy atom. The number of hydrogen-bond acceptors (Lipinski definition) is 3. The predicted octanol–water partition coefficient (Wildman–Crippen LogP) is 1.18. The van der Waals surface area contributed by atoms with Crippen LogP contribution in [0.25, 0.3) is 0 Å². The molecular formula is C14H26N2O2. The van der Waals surface area contributed by atoms with Crippen LogP contribution in [0.5, 0.6) is 0 Å². The summed E-state index contributed by atoms with van der Waals surface area (Å²) < 4.78 is 0. The minimum absolute atomic E-state index is 0.0502. The van der Waals surface area contributed by atoms with Crippen molar-refractivity contribution in [3.05, 3.63) is 0 Å². The topological polar surface area (TPSA) is 61.4 Å². The second-order valence-corrected chi connectivity index (χ2v) is 6.17. The van der Waals surface area contributed by atoms with Crippen LogP contribution in [-0.2, 0) is 4.79 Å². The first kappa shape index (κ1) is 13.8. The highest BCUT2D eigenvalue weighted by Crippen LogP contribution is 2.33. The molecule has 2 rings (SSSR count). The Morgan fingerprint density at radius 3 is 2.83 bits per heavy atom. The van der Waals surface area contributed by atoms with Crippen LogP contribution in [-0.4, -0.2) is 35.2 Å². The van der Waals surface area contributed by atoms with Crippen molar-refractivity contribution < 1.29 is 9.90 Å². The highest BCUT2D eigenvalue weighted by molar-refractivity contribution is 5.82. The lowest BCUT2D eigenvalue weighted by Crippen LogP contribution is -2.47. The molecule has 2 fully saturated rings. The van der Waals surface area contributed by atoms with Crippen LogP contribution in [0.2, 0.25) is 0 Å². The number of aliphatic hydroxyl groups is 1. The van der Waals surface area contributed by atoms with Gasteiger partial charge in [0.15, 0.2) is 0 Å². The first-order valence-corrected chi connectivity index (χ1v) is 7.28. The van der Waals surface area contributed by atoms with E-state index < -0.39 is 5.60 Å². The number of amides is 1. The first-order chi connectivity index (χ1) is 8.52. The molecule has 4 atom stereocenters. The minimum Gasteiger partial charge on any atom is -0.388 e. The quantitative estimate of drug-likeness (QED) is 0.706. The molecule has 1 saturated heterocycles. The van der Waals surface area contributed by atoms with E-state index in [0.29, 0.717) is 24.9 Å². The Morgan fingerprint density at radius 2 is 2.17 bits per heavy atom. The molecule has 104 valence electrons. The van der Waals surface area contributed by atoms with Gasteiger partial charge in [0.2, 0.25) is 5.91 Å². The molecule has 0 spiro atoms. The van der Waals surface area contributed by atoms with E-state index in [2.05, 4.69) is 10.6 Å². The molecule has 0 aromatic rings. The van der Waals surface area contributed by atoms with Crippen molar-refractivity contribution in [1.82, 2.24) is 10.6 Å². The van der Waals surface area contributed by atoms with Gasteiger partial charge in [-0.25, -0.2) is 0 Å². The highest BCUT2D eigenvalue weighted by atomic mass is 16.3. The monoisotopic (exact) mass is 254 g/mol. The van der Waals surface area contributed by atoms with Gasteiger partial charge < -0.3 is 15.7 Å². The maximum absolute atomic E-state index is 12.1. The van der Waals surface area contributed by atoms with Gasteiger partial charge in [0.05, 0.1) is 11.6 Å². The number of nitrogens with one attached hydrogen (secondary N) is 2. The summed E-state index contributed by atoms with van der Waals surface area (Å²) in [6.45, 7) is 4.03. The molecule has 4 unspecified atom stereocenters. The van der Waals surface area contributed by atoms with Crippen LogP contribution in [0, 0.1) is 5.92 Å². The van der Waals surface area contributed by atoms with E-state index in [4.69, 9.17) is 0 Å². The lowest BCUT2D eigenvalue weighted by atomic mass is 9.85. The maximum atomic E-state index is 12.1. The number of carbonyl (C=O) groups is 1. The van der Waals surface area contributed by atoms with Gasteiger partial charge in [0.1, 0.15) is 0 Å². The summed E-state index contributed by atoms with van der Waals surface area (Å²) in [5, 5.41) is 16.2. The normalized spacial score (nSPS) is 34.7. The minimum atomic E-state index is -0.791. The lowest BCUT2D eigenvalue weighted by Gasteiger charge is -2.24. The fourth-order valence-electron chi connectivity index (χ4n) is 3.05. The van der Waals surface area contributed by atoms with Crippen LogP contribution in [0.3, 0.4) is 0 Å². The van der Waals surface area contributed by atoms with Gasteiger partial charge in [-0.3, -0.25) is 4.79 Å². The van der Waals surface area contributed by atoms with E-state index in [1.807, 2.05) is 6.92 Å². The SMILES string of the molecule is CCC(C)(O)CNC(=O)C1CC2CCCCC2N1. The van der Waals surface area contributed by atoms with Crippen molar-refractivity contribution in [2.75, 3.05) is 6.54 Å². The molecule has 2 aliphatic rings. The smallest absolute Gasteiger partial charge is 0.237 e. The van der Waals surface area contributed by atoms with Gasteiger partial charge in [-0.1, -0.05) is 19.8 Å². The summed E-state index contributed by atoms with van der Waals surface area (Å²) >= 11 is 0. The summed E-state index contributed by atoms with van der Waals surface area (Å²) in [6, 6.07) is 0.493. The van der Waals surface area contributed by atoms with Crippen molar-refractivity contribution in [1.29, 1.82) is 0 Å². The Kier molecular flexibility index (Phi) is 4.28. The molecule has 0 aromatic heterocycles. The van der Waals surface area contributed by atoms with E-state index in [0.717, 1.165) is 6.42 Å². The third-order valence-electron chi connectivity index (χ3n) is 4.58. The fraction of sp³-hybridized carbons (Fsp3) is 0.929. The third-order valence-corrected chi connectivity index (χ3v) is 4.58. The van der Waals surface area contributed by atoms with Gasteiger partial charge in [-0.15, -0.1) is 0 Å². The number of fused-ring (bicyclic) bond motifs is 1. The zero-order valence-corrected chi connectivity index (χ0v) is 11.5. The molecule has 0 bridgehead atoms. The molecule has 1 aliphatic heterocycles. The van der Waals surface area contributed by atoms with E-state index in [9.17, 15) is 9.90 Å². The molecule has 0 aromatic carbocycles. The molecule has 4 heteroatoms. The molecular weight excluding hydrogens is 228 g/mol. The second-order valence-electron chi connectivity index (χ2n) is 6.17. The first-order valence-electron chi connectivity index (χ1n) is 7.28. The molecule has 1 aliphatic carbocycles. The molecule has 1 saturated carbocycles. The predicted molar refractivity (Wildman–Crippen MR) is 71.2 cm³/mol. The van der Waals surface area contributed by atoms with E-state index in [1.165, 1.54) is 25.7 Å². The van der Waals surface area contributed by atoms with Gasteiger partial charge >= 0.3 is 0 Å².